The molecule has 0 unspecified atom stereocenters. The molecule has 2 heterocycles. The van der Waals surface area contributed by atoms with Crippen LogP contribution in [0.1, 0.15) is 11.1 Å². The van der Waals surface area contributed by atoms with Crippen molar-refractivity contribution in [3.05, 3.63) is 53.7 Å². The van der Waals surface area contributed by atoms with Crippen LogP contribution in [0.15, 0.2) is 47.6 Å². The summed E-state index contributed by atoms with van der Waals surface area (Å²) in [5.41, 5.74) is 2.47. The number of hydrogen-bond donors (Lipinski definition) is 1. The molecule has 1 aliphatic heterocycles. The van der Waals surface area contributed by atoms with Crippen LogP contribution in [0.5, 0.6) is 5.75 Å². The standard InChI is InChI=1S/C21H29N5O/c1-17-7-8-19(27-3)18(16-17)9-11-24-21(22-2)26-14-12-25(13-15-26)20-6-4-5-10-23-20/h4-8,10,16H,9,11-15H2,1-3H3,(H,22,24). The lowest BCUT2D eigenvalue weighted by Crippen LogP contribution is -2.53. The van der Waals surface area contributed by atoms with E-state index < -0.39 is 0 Å². The van der Waals surface area contributed by atoms with Gasteiger partial charge in [0.25, 0.3) is 0 Å². The number of nitrogens with zero attached hydrogens (tertiary/aromatic N) is 4. The Balaban J connectivity index is 1.51. The van der Waals surface area contributed by atoms with Gasteiger partial charge < -0.3 is 19.9 Å². The number of hydrogen-bond acceptors (Lipinski definition) is 4. The second-order valence-corrected chi connectivity index (χ2v) is 6.70. The molecule has 1 aromatic carbocycles. The van der Waals surface area contributed by atoms with Gasteiger partial charge in [0.1, 0.15) is 11.6 Å². The van der Waals surface area contributed by atoms with Gasteiger partial charge >= 0.3 is 0 Å². The van der Waals surface area contributed by atoms with Crippen molar-refractivity contribution in [3.63, 3.8) is 0 Å². The predicted octanol–water partition coefficient (Wildman–Crippen LogP) is 2.34. The lowest BCUT2D eigenvalue weighted by atomic mass is 10.1. The molecular formula is C21H29N5O. The third-order valence-corrected chi connectivity index (χ3v) is 4.88. The molecule has 0 radical (unpaired) electrons. The van der Waals surface area contributed by atoms with E-state index >= 15 is 0 Å². The Morgan fingerprint density at radius 3 is 2.67 bits per heavy atom. The first-order valence-corrected chi connectivity index (χ1v) is 9.46. The molecule has 6 nitrogen and oxygen atoms in total. The second kappa shape index (κ2) is 9.26. The number of aromatic nitrogens is 1. The molecule has 0 aliphatic carbocycles. The van der Waals surface area contributed by atoms with Crippen LogP contribution in [0.4, 0.5) is 5.82 Å². The quantitative estimate of drug-likeness (QED) is 0.649. The highest BCUT2D eigenvalue weighted by atomic mass is 16.5. The smallest absolute Gasteiger partial charge is 0.193 e. The normalized spacial score (nSPS) is 15.0. The molecule has 0 bridgehead atoms. The van der Waals surface area contributed by atoms with Crippen molar-refractivity contribution < 1.29 is 4.74 Å². The van der Waals surface area contributed by atoms with Gasteiger partial charge in [-0.15, -0.1) is 0 Å². The molecule has 144 valence electrons. The van der Waals surface area contributed by atoms with Gasteiger partial charge in [-0.25, -0.2) is 4.98 Å². The number of rotatable bonds is 5. The largest absolute Gasteiger partial charge is 0.496 e. The Morgan fingerprint density at radius 2 is 2.00 bits per heavy atom. The fraction of sp³-hybridized carbons (Fsp3) is 0.429. The number of anilines is 1. The molecule has 0 spiro atoms. The van der Waals surface area contributed by atoms with E-state index in [4.69, 9.17) is 4.74 Å². The van der Waals surface area contributed by atoms with Crippen LogP contribution in [0.3, 0.4) is 0 Å². The van der Waals surface area contributed by atoms with E-state index in [-0.39, 0.29) is 0 Å². The molecule has 1 fully saturated rings. The molecular weight excluding hydrogens is 338 g/mol. The highest BCUT2D eigenvalue weighted by Crippen LogP contribution is 2.20. The van der Waals surface area contributed by atoms with E-state index in [9.17, 15) is 0 Å². The van der Waals surface area contributed by atoms with Crippen molar-refractivity contribution in [2.45, 2.75) is 13.3 Å². The maximum absolute atomic E-state index is 5.47. The summed E-state index contributed by atoms with van der Waals surface area (Å²) in [5, 5.41) is 3.50. The number of benzene rings is 1. The fourth-order valence-corrected chi connectivity index (χ4v) is 3.43. The van der Waals surface area contributed by atoms with Crippen LogP contribution in [-0.2, 0) is 6.42 Å². The average Bonchev–Trinajstić information content (AvgIpc) is 2.72. The minimum atomic E-state index is 0.826. The molecule has 1 aliphatic rings. The zero-order valence-electron chi connectivity index (χ0n) is 16.5. The topological polar surface area (TPSA) is 53.0 Å². The van der Waals surface area contributed by atoms with Gasteiger partial charge in [0.15, 0.2) is 5.96 Å². The van der Waals surface area contributed by atoms with Crippen molar-refractivity contribution in [1.29, 1.82) is 0 Å². The van der Waals surface area contributed by atoms with E-state index in [1.807, 2.05) is 31.4 Å². The highest BCUT2D eigenvalue weighted by molar-refractivity contribution is 5.80. The molecule has 3 rings (SSSR count). The van der Waals surface area contributed by atoms with E-state index in [1.165, 1.54) is 11.1 Å². The number of aryl methyl sites for hydroxylation is 1. The minimum Gasteiger partial charge on any atom is -0.496 e. The lowest BCUT2D eigenvalue weighted by molar-refractivity contribution is 0.371. The summed E-state index contributed by atoms with van der Waals surface area (Å²) < 4.78 is 5.47. The minimum absolute atomic E-state index is 0.826. The first kappa shape index (κ1) is 19.0. The Kier molecular flexibility index (Phi) is 6.52. The maximum Gasteiger partial charge on any atom is 0.193 e. The van der Waals surface area contributed by atoms with E-state index in [2.05, 4.69) is 50.2 Å². The first-order chi connectivity index (χ1) is 13.2. The molecule has 0 saturated carbocycles. The van der Waals surface area contributed by atoms with Gasteiger partial charge in [-0.1, -0.05) is 23.8 Å². The van der Waals surface area contributed by atoms with Crippen molar-refractivity contribution >= 4 is 11.8 Å². The number of pyridine rings is 1. The van der Waals surface area contributed by atoms with Crippen LogP contribution in [0.2, 0.25) is 0 Å². The number of ether oxygens (including phenoxy) is 1. The molecule has 1 saturated heterocycles. The summed E-state index contributed by atoms with van der Waals surface area (Å²) in [6.45, 7) is 6.70. The number of guanidine groups is 1. The van der Waals surface area contributed by atoms with Crippen LogP contribution < -0.4 is 15.0 Å². The molecule has 1 aromatic heterocycles. The van der Waals surface area contributed by atoms with Gasteiger partial charge in [-0.2, -0.15) is 0 Å². The van der Waals surface area contributed by atoms with Crippen LogP contribution >= 0.6 is 0 Å². The summed E-state index contributed by atoms with van der Waals surface area (Å²) in [6, 6.07) is 12.4. The summed E-state index contributed by atoms with van der Waals surface area (Å²) >= 11 is 0. The van der Waals surface area contributed by atoms with Crippen LogP contribution in [-0.4, -0.2) is 62.7 Å². The maximum atomic E-state index is 5.47. The van der Waals surface area contributed by atoms with Crippen molar-refractivity contribution in [3.8, 4) is 5.75 Å². The Hall–Kier alpha value is -2.76. The van der Waals surface area contributed by atoms with Crippen LogP contribution in [0, 0.1) is 6.92 Å². The summed E-state index contributed by atoms with van der Waals surface area (Å²) in [5.74, 6) is 2.95. The van der Waals surface area contributed by atoms with Crippen molar-refractivity contribution in [2.75, 3.05) is 51.8 Å². The summed E-state index contributed by atoms with van der Waals surface area (Å²) in [4.78, 5) is 13.5. The Bertz CT molecular complexity index is 754. The number of methoxy groups -OCH3 is 1. The SMILES string of the molecule is CN=C(NCCc1cc(C)ccc1OC)N1CCN(c2ccccn2)CC1. The third kappa shape index (κ3) is 4.90. The third-order valence-electron chi connectivity index (χ3n) is 4.88. The number of aliphatic imine (C=N–C) groups is 1. The fourth-order valence-electron chi connectivity index (χ4n) is 3.43. The zero-order valence-corrected chi connectivity index (χ0v) is 16.5. The molecule has 27 heavy (non-hydrogen) atoms. The zero-order chi connectivity index (χ0) is 19.1. The highest BCUT2D eigenvalue weighted by Gasteiger charge is 2.20. The van der Waals surface area contributed by atoms with Gasteiger partial charge in [-0.05, 0) is 37.1 Å². The first-order valence-electron chi connectivity index (χ1n) is 9.46. The van der Waals surface area contributed by atoms with Crippen LogP contribution in [0.25, 0.3) is 0 Å². The van der Waals surface area contributed by atoms with Gasteiger partial charge in [0.2, 0.25) is 0 Å². The second-order valence-electron chi connectivity index (χ2n) is 6.70. The molecule has 2 aromatic rings. The molecule has 1 N–H and O–H groups in total. The Morgan fingerprint density at radius 1 is 1.19 bits per heavy atom. The monoisotopic (exact) mass is 367 g/mol. The average molecular weight is 367 g/mol. The van der Waals surface area contributed by atoms with E-state index in [0.717, 1.165) is 56.7 Å². The number of nitrogens with one attached hydrogen (secondary N) is 1. The van der Waals surface area contributed by atoms with E-state index in [0.29, 0.717) is 0 Å². The lowest BCUT2D eigenvalue weighted by Gasteiger charge is -2.37. The Labute approximate surface area is 161 Å². The summed E-state index contributed by atoms with van der Waals surface area (Å²) in [6.07, 6.45) is 2.75. The van der Waals surface area contributed by atoms with Gasteiger partial charge in [0.05, 0.1) is 7.11 Å². The van der Waals surface area contributed by atoms with E-state index in [1.54, 1.807) is 7.11 Å². The number of piperazine rings is 1. The summed E-state index contributed by atoms with van der Waals surface area (Å²) in [7, 11) is 3.57. The van der Waals surface area contributed by atoms with Gasteiger partial charge in [0, 0.05) is 46.0 Å². The molecule has 0 amide bonds. The van der Waals surface area contributed by atoms with Crippen molar-refractivity contribution in [1.82, 2.24) is 15.2 Å². The molecule has 0 atom stereocenters. The van der Waals surface area contributed by atoms with Crippen molar-refractivity contribution in [2.24, 2.45) is 4.99 Å². The predicted molar refractivity (Wildman–Crippen MR) is 111 cm³/mol. The van der Waals surface area contributed by atoms with Gasteiger partial charge in [-0.3, -0.25) is 4.99 Å². The molecule has 6 heteroatoms.